The molecule has 1 aliphatic rings. The Morgan fingerprint density at radius 2 is 1.75 bits per heavy atom. The van der Waals surface area contributed by atoms with E-state index in [2.05, 4.69) is 32.2 Å². The Labute approximate surface area is 187 Å². The second kappa shape index (κ2) is 9.32. The molecule has 0 radical (unpaired) electrons. The van der Waals surface area contributed by atoms with Crippen LogP contribution in [0.3, 0.4) is 0 Å². The maximum atomic E-state index is 12.8. The van der Waals surface area contributed by atoms with Gasteiger partial charge in [-0.15, -0.1) is 0 Å². The fourth-order valence-corrected chi connectivity index (χ4v) is 4.03. The number of H-pyrrole nitrogens is 1. The highest BCUT2D eigenvalue weighted by Gasteiger charge is 2.23. The van der Waals surface area contributed by atoms with Crippen LogP contribution in [0, 0.1) is 6.92 Å². The molecule has 2 aromatic carbocycles. The Morgan fingerprint density at radius 3 is 2.41 bits per heavy atom. The molecule has 0 spiro atoms. The normalized spacial score (nSPS) is 14.4. The number of benzene rings is 2. The molecule has 1 aliphatic heterocycles. The number of carbonyl (C=O) groups is 2. The molecule has 1 saturated heterocycles. The van der Waals surface area contributed by atoms with E-state index < -0.39 is 5.97 Å². The van der Waals surface area contributed by atoms with Gasteiger partial charge in [0.1, 0.15) is 11.4 Å². The largest absolute Gasteiger partial charge is 0.497 e. The molecule has 2 N–H and O–H groups in total. The van der Waals surface area contributed by atoms with Gasteiger partial charge in [-0.25, -0.2) is 4.79 Å². The summed E-state index contributed by atoms with van der Waals surface area (Å²) in [4.78, 5) is 32.6. The number of methoxy groups -OCH3 is 2. The number of hydrogen-bond acceptors (Lipinski definition) is 6. The molecule has 1 aromatic heterocycles. The first-order chi connectivity index (χ1) is 15.5. The number of rotatable bonds is 6. The van der Waals surface area contributed by atoms with Crippen molar-refractivity contribution < 1.29 is 19.1 Å². The van der Waals surface area contributed by atoms with Crippen LogP contribution < -0.4 is 15.0 Å². The van der Waals surface area contributed by atoms with Gasteiger partial charge in [0.15, 0.2) is 0 Å². The molecule has 8 heteroatoms. The van der Waals surface area contributed by atoms with Crippen molar-refractivity contribution in [2.45, 2.75) is 6.92 Å². The number of hydrogen-bond donors (Lipinski definition) is 2. The van der Waals surface area contributed by atoms with Crippen LogP contribution in [-0.2, 0) is 9.53 Å². The van der Waals surface area contributed by atoms with Gasteiger partial charge in [-0.05, 0) is 43.3 Å². The predicted octanol–water partition coefficient (Wildman–Crippen LogP) is 3.03. The van der Waals surface area contributed by atoms with Crippen molar-refractivity contribution in [3.8, 4) is 5.75 Å². The van der Waals surface area contributed by atoms with E-state index in [1.807, 2.05) is 37.3 Å². The minimum atomic E-state index is -0.512. The Kier molecular flexibility index (Phi) is 6.32. The summed E-state index contributed by atoms with van der Waals surface area (Å²) < 4.78 is 10.1. The Balaban J connectivity index is 1.40. The zero-order valence-electron chi connectivity index (χ0n) is 18.6. The van der Waals surface area contributed by atoms with Crippen LogP contribution in [0.2, 0.25) is 0 Å². The standard InChI is InChI=1S/C24H28N4O4/c1-16-4-9-20-19(14-16)22(23(25-20)24(30)32-3)26-21(29)15-27-10-12-28(13-11-27)17-5-7-18(31-2)8-6-17/h4-9,14,25H,10-13,15H2,1-3H3,(H,26,29). The van der Waals surface area contributed by atoms with Gasteiger partial charge in [-0.3, -0.25) is 9.69 Å². The second-order valence-electron chi connectivity index (χ2n) is 7.93. The van der Waals surface area contributed by atoms with E-state index >= 15 is 0 Å². The number of aromatic nitrogens is 1. The monoisotopic (exact) mass is 436 g/mol. The van der Waals surface area contributed by atoms with E-state index in [1.165, 1.54) is 7.11 Å². The van der Waals surface area contributed by atoms with Gasteiger partial charge >= 0.3 is 5.97 Å². The van der Waals surface area contributed by atoms with Crippen LogP contribution >= 0.6 is 0 Å². The summed E-state index contributed by atoms with van der Waals surface area (Å²) >= 11 is 0. The number of anilines is 2. The number of amides is 1. The quantitative estimate of drug-likeness (QED) is 0.578. The SMILES string of the molecule is COC(=O)c1[nH]c2ccc(C)cc2c1NC(=O)CN1CCN(c2ccc(OC)cc2)CC1. The predicted molar refractivity (Wildman–Crippen MR) is 125 cm³/mol. The van der Waals surface area contributed by atoms with Crippen LogP contribution in [0.25, 0.3) is 10.9 Å². The van der Waals surface area contributed by atoms with Crippen molar-refractivity contribution in [1.82, 2.24) is 9.88 Å². The Morgan fingerprint density at radius 1 is 1.03 bits per heavy atom. The molecule has 2 heterocycles. The molecule has 0 atom stereocenters. The van der Waals surface area contributed by atoms with Gasteiger partial charge in [0, 0.05) is 42.8 Å². The van der Waals surface area contributed by atoms with E-state index in [1.54, 1.807) is 7.11 Å². The van der Waals surface area contributed by atoms with E-state index in [0.29, 0.717) is 5.69 Å². The van der Waals surface area contributed by atoms with Crippen LogP contribution in [0.4, 0.5) is 11.4 Å². The Bertz CT molecular complexity index is 1110. The molecule has 1 fully saturated rings. The first-order valence-corrected chi connectivity index (χ1v) is 10.6. The molecule has 168 valence electrons. The van der Waals surface area contributed by atoms with Gasteiger partial charge in [-0.1, -0.05) is 11.6 Å². The molecule has 3 aromatic rings. The van der Waals surface area contributed by atoms with E-state index in [0.717, 1.165) is 54.1 Å². The molecule has 0 unspecified atom stereocenters. The smallest absolute Gasteiger partial charge is 0.356 e. The number of ether oxygens (including phenoxy) is 2. The average Bonchev–Trinajstić information content (AvgIpc) is 3.16. The third-order valence-electron chi connectivity index (χ3n) is 5.79. The minimum absolute atomic E-state index is 0.157. The van der Waals surface area contributed by atoms with Crippen molar-refractivity contribution in [1.29, 1.82) is 0 Å². The highest BCUT2D eigenvalue weighted by molar-refractivity contribution is 6.11. The topological polar surface area (TPSA) is 86.9 Å². The molecular formula is C24H28N4O4. The molecule has 0 aliphatic carbocycles. The number of nitrogens with zero attached hydrogens (tertiary/aromatic N) is 2. The molecule has 4 rings (SSSR count). The molecule has 0 saturated carbocycles. The number of piperazine rings is 1. The lowest BCUT2D eigenvalue weighted by molar-refractivity contribution is -0.117. The lowest BCUT2D eigenvalue weighted by Gasteiger charge is -2.35. The average molecular weight is 437 g/mol. The molecule has 0 bridgehead atoms. The van der Waals surface area contributed by atoms with Gasteiger partial charge in [-0.2, -0.15) is 0 Å². The summed E-state index contributed by atoms with van der Waals surface area (Å²) in [5, 5.41) is 3.73. The highest BCUT2D eigenvalue weighted by atomic mass is 16.5. The Hall–Kier alpha value is -3.52. The van der Waals surface area contributed by atoms with Gasteiger partial charge in [0.2, 0.25) is 5.91 Å². The highest BCUT2D eigenvalue weighted by Crippen LogP contribution is 2.29. The number of aryl methyl sites for hydroxylation is 1. The zero-order valence-corrected chi connectivity index (χ0v) is 18.6. The third kappa shape index (κ3) is 4.55. The van der Waals surface area contributed by atoms with Crippen LogP contribution in [-0.4, -0.2) is 68.7 Å². The first-order valence-electron chi connectivity index (χ1n) is 10.6. The molecular weight excluding hydrogens is 408 g/mol. The number of fused-ring (bicyclic) bond motifs is 1. The summed E-state index contributed by atoms with van der Waals surface area (Å²) in [5.41, 5.74) is 3.69. The van der Waals surface area contributed by atoms with Crippen molar-refractivity contribution in [3.05, 3.63) is 53.7 Å². The first kappa shape index (κ1) is 21.7. The van der Waals surface area contributed by atoms with Crippen molar-refractivity contribution in [2.24, 2.45) is 0 Å². The van der Waals surface area contributed by atoms with E-state index in [-0.39, 0.29) is 18.1 Å². The van der Waals surface area contributed by atoms with Gasteiger partial charge in [0.25, 0.3) is 0 Å². The number of nitrogens with one attached hydrogen (secondary N) is 2. The van der Waals surface area contributed by atoms with Crippen molar-refractivity contribution in [3.63, 3.8) is 0 Å². The minimum Gasteiger partial charge on any atom is -0.497 e. The number of esters is 1. The summed E-state index contributed by atoms with van der Waals surface area (Å²) in [7, 11) is 2.98. The lowest BCUT2D eigenvalue weighted by atomic mass is 10.1. The van der Waals surface area contributed by atoms with Gasteiger partial charge in [0.05, 0.1) is 26.5 Å². The van der Waals surface area contributed by atoms with E-state index in [4.69, 9.17) is 9.47 Å². The van der Waals surface area contributed by atoms with Crippen LogP contribution in [0.1, 0.15) is 16.1 Å². The molecule has 1 amide bonds. The lowest BCUT2D eigenvalue weighted by Crippen LogP contribution is -2.48. The fourth-order valence-electron chi connectivity index (χ4n) is 4.03. The third-order valence-corrected chi connectivity index (χ3v) is 5.79. The van der Waals surface area contributed by atoms with Gasteiger partial charge < -0.3 is 24.7 Å². The summed E-state index contributed by atoms with van der Waals surface area (Å²) in [6, 6.07) is 13.8. The molecule has 32 heavy (non-hydrogen) atoms. The summed E-state index contributed by atoms with van der Waals surface area (Å²) in [5.74, 6) is 0.167. The van der Waals surface area contributed by atoms with Crippen molar-refractivity contribution >= 4 is 34.2 Å². The summed E-state index contributed by atoms with van der Waals surface area (Å²) in [6.45, 7) is 5.44. The fraction of sp³-hybridized carbons (Fsp3) is 0.333. The maximum absolute atomic E-state index is 12.8. The van der Waals surface area contributed by atoms with Crippen molar-refractivity contribution in [2.75, 3.05) is 57.2 Å². The van der Waals surface area contributed by atoms with E-state index in [9.17, 15) is 9.59 Å². The zero-order chi connectivity index (χ0) is 22.7. The maximum Gasteiger partial charge on any atom is 0.356 e. The van der Waals surface area contributed by atoms with Crippen LogP contribution in [0.5, 0.6) is 5.75 Å². The number of carbonyl (C=O) groups excluding carboxylic acids is 2. The van der Waals surface area contributed by atoms with Crippen LogP contribution in [0.15, 0.2) is 42.5 Å². The number of aromatic amines is 1. The molecule has 8 nitrogen and oxygen atoms in total. The summed E-state index contributed by atoms with van der Waals surface area (Å²) in [6.07, 6.45) is 0. The second-order valence-corrected chi connectivity index (χ2v) is 7.93.